The van der Waals surface area contributed by atoms with E-state index in [0.29, 0.717) is 19.3 Å². The topological polar surface area (TPSA) is 257 Å². The summed E-state index contributed by atoms with van der Waals surface area (Å²) in [6.07, 6.45) is 3.18. The fourth-order valence-electron chi connectivity index (χ4n) is 6.13. The van der Waals surface area contributed by atoms with Crippen molar-refractivity contribution in [2.75, 3.05) is 19.7 Å². The molecular formula is C48H72N6O12. The molecule has 2 rings (SSSR count). The lowest BCUT2D eigenvalue weighted by molar-refractivity contribution is -0.144. The van der Waals surface area contributed by atoms with Crippen LogP contribution in [-0.4, -0.2) is 108 Å². The van der Waals surface area contributed by atoms with Crippen LogP contribution in [0.2, 0.25) is 0 Å². The number of esters is 1. The van der Waals surface area contributed by atoms with Crippen LogP contribution < -0.4 is 31.9 Å². The van der Waals surface area contributed by atoms with E-state index < -0.39 is 89.7 Å². The molecule has 4 atom stereocenters. The molecular weight excluding hydrogens is 853 g/mol. The molecule has 0 fully saturated rings. The molecule has 7 N–H and O–H groups in total. The van der Waals surface area contributed by atoms with Crippen LogP contribution in [-0.2, 0) is 44.6 Å². The van der Waals surface area contributed by atoms with Gasteiger partial charge in [-0.25, -0.2) is 14.4 Å². The first kappa shape index (κ1) is 55.9. The number of carboxylic acids is 1. The number of amides is 6. The number of aryl methyl sites for hydroxylation is 1. The molecule has 0 heterocycles. The minimum atomic E-state index is -1.47. The van der Waals surface area contributed by atoms with E-state index in [9.17, 15) is 43.5 Å². The van der Waals surface area contributed by atoms with Crippen molar-refractivity contribution < 1.29 is 57.7 Å². The molecule has 0 aliphatic heterocycles. The molecule has 1 unspecified atom stereocenters. The maximum atomic E-state index is 14.0. The Morgan fingerprint density at radius 2 is 1.15 bits per heavy atom. The third-order valence-electron chi connectivity index (χ3n) is 9.71. The highest BCUT2D eigenvalue weighted by Crippen LogP contribution is 2.21. The van der Waals surface area contributed by atoms with E-state index in [-0.39, 0.29) is 38.0 Å². The maximum Gasteiger partial charge on any atom is 0.407 e. The summed E-state index contributed by atoms with van der Waals surface area (Å²) >= 11 is 0. The normalized spacial score (nSPS) is 13.1. The second kappa shape index (κ2) is 28.0. The Bertz CT molecular complexity index is 1910. The van der Waals surface area contributed by atoms with Gasteiger partial charge >= 0.3 is 24.1 Å². The van der Waals surface area contributed by atoms with Gasteiger partial charge in [-0.05, 0) is 122 Å². The van der Waals surface area contributed by atoms with Crippen LogP contribution in [0.25, 0.3) is 11.1 Å². The molecule has 0 saturated heterocycles. The zero-order valence-electron chi connectivity index (χ0n) is 40.1. The largest absolute Gasteiger partial charge is 0.480 e. The van der Waals surface area contributed by atoms with Crippen molar-refractivity contribution in [3.63, 3.8) is 0 Å². The fraction of sp³-hybridized carbons (Fsp3) is 0.583. The van der Waals surface area contributed by atoms with Gasteiger partial charge in [0.1, 0.15) is 35.4 Å². The fourth-order valence-corrected chi connectivity index (χ4v) is 6.13. The van der Waals surface area contributed by atoms with Gasteiger partial charge in [0.2, 0.25) is 17.7 Å². The quantitative estimate of drug-likeness (QED) is 0.0341. The van der Waals surface area contributed by atoms with E-state index in [1.807, 2.05) is 19.1 Å². The SMILES string of the molecule is CCCCOC(=O)CC[C@H](NC(=O)[C@H](CNC(=O)OC(C)(C)C)NC(=O)c1ccc(-c2ccc(CCCC)cc2)cc1)C(=O)N[C@@H](C)C(=O)NC(CCCCNC(=O)OC(C)(C)C)C(=O)O. The smallest absolute Gasteiger partial charge is 0.407 e. The van der Waals surface area contributed by atoms with Crippen molar-refractivity contribution in [2.24, 2.45) is 0 Å². The third kappa shape index (κ3) is 22.6. The second-order valence-electron chi connectivity index (χ2n) is 18.0. The van der Waals surface area contributed by atoms with Gasteiger partial charge in [0.25, 0.3) is 5.91 Å². The van der Waals surface area contributed by atoms with Gasteiger partial charge < -0.3 is 51.2 Å². The molecule has 18 heteroatoms. The number of hydrogen-bond donors (Lipinski definition) is 7. The summed E-state index contributed by atoms with van der Waals surface area (Å²) in [4.78, 5) is 104. The summed E-state index contributed by atoms with van der Waals surface area (Å²) in [5, 5.41) is 24.9. The standard InChI is InChI=1S/C48H72N6O12/c1-10-12-16-32-18-20-33(21-19-32)34-22-24-35(25-23-34)41(57)54-38(30-50-46(63)66-48(7,8)9)43(59)52-36(26-27-39(55)64-29-13-11-2)42(58)51-31(3)40(56)53-37(44(60)61)17-14-15-28-49-45(62)65-47(4,5)6/h18-25,31,36-38H,10-17,26-30H2,1-9H3,(H,49,62)(H,50,63)(H,51,58)(H,52,59)(H,53,56)(H,54,57)(H,60,61)/t31-,36-,37?,38-/m0/s1. The predicted molar refractivity (Wildman–Crippen MR) is 248 cm³/mol. The van der Waals surface area contributed by atoms with E-state index in [4.69, 9.17) is 14.2 Å². The number of carbonyl (C=O) groups excluding carboxylic acids is 7. The van der Waals surface area contributed by atoms with Gasteiger partial charge in [-0.3, -0.25) is 24.0 Å². The Morgan fingerprint density at radius 1 is 0.606 bits per heavy atom. The molecule has 2 aromatic carbocycles. The number of rotatable bonds is 26. The third-order valence-corrected chi connectivity index (χ3v) is 9.71. The van der Waals surface area contributed by atoms with Crippen LogP contribution in [0.5, 0.6) is 0 Å². The van der Waals surface area contributed by atoms with E-state index >= 15 is 0 Å². The number of ether oxygens (including phenoxy) is 3. The first-order valence-corrected chi connectivity index (χ1v) is 22.7. The zero-order valence-corrected chi connectivity index (χ0v) is 40.1. The molecule has 0 bridgehead atoms. The van der Waals surface area contributed by atoms with Crippen molar-refractivity contribution in [3.8, 4) is 11.1 Å². The van der Waals surface area contributed by atoms with E-state index in [2.05, 4.69) is 51.0 Å². The number of benzene rings is 2. The van der Waals surface area contributed by atoms with Gasteiger partial charge in [-0.1, -0.05) is 63.1 Å². The lowest BCUT2D eigenvalue weighted by atomic mass is 10.0. The summed E-state index contributed by atoms with van der Waals surface area (Å²) in [6, 6.07) is 9.32. The van der Waals surface area contributed by atoms with Crippen LogP contribution >= 0.6 is 0 Å². The molecule has 2 aromatic rings. The van der Waals surface area contributed by atoms with Gasteiger partial charge in [0, 0.05) is 18.5 Å². The minimum absolute atomic E-state index is 0.0120. The van der Waals surface area contributed by atoms with Crippen molar-refractivity contribution >= 4 is 47.8 Å². The summed E-state index contributed by atoms with van der Waals surface area (Å²) in [6.45, 7) is 15.4. The van der Waals surface area contributed by atoms with Gasteiger partial charge in [0.05, 0.1) is 13.2 Å². The van der Waals surface area contributed by atoms with Crippen LogP contribution in [0.1, 0.15) is 136 Å². The highest BCUT2D eigenvalue weighted by molar-refractivity contribution is 5.99. The molecule has 0 radical (unpaired) electrons. The Balaban J connectivity index is 2.25. The number of unbranched alkanes of at least 4 members (excludes halogenated alkanes) is 3. The number of aliphatic carboxylic acids is 1. The van der Waals surface area contributed by atoms with Crippen LogP contribution in [0.3, 0.4) is 0 Å². The van der Waals surface area contributed by atoms with Crippen molar-refractivity contribution in [1.29, 1.82) is 0 Å². The molecule has 0 saturated carbocycles. The van der Waals surface area contributed by atoms with Crippen molar-refractivity contribution in [2.45, 2.75) is 162 Å². The summed E-state index contributed by atoms with van der Waals surface area (Å²) in [5.41, 5.74) is 1.68. The summed E-state index contributed by atoms with van der Waals surface area (Å²) in [5.74, 6) is -5.27. The van der Waals surface area contributed by atoms with Crippen molar-refractivity contribution in [3.05, 3.63) is 59.7 Å². The van der Waals surface area contributed by atoms with Crippen LogP contribution in [0, 0.1) is 0 Å². The molecule has 0 aromatic heterocycles. The van der Waals surface area contributed by atoms with Gasteiger partial charge in [-0.15, -0.1) is 0 Å². The van der Waals surface area contributed by atoms with Gasteiger partial charge in [-0.2, -0.15) is 0 Å². The number of carbonyl (C=O) groups is 8. The monoisotopic (exact) mass is 925 g/mol. The lowest BCUT2D eigenvalue weighted by Gasteiger charge is -2.25. The second-order valence-corrected chi connectivity index (χ2v) is 18.0. The first-order chi connectivity index (χ1) is 31.0. The Kier molecular flexibility index (Phi) is 23.7. The predicted octanol–water partition coefficient (Wildman–Crippen LogP) is 5.70. The highest BCUT2D eigenvalue weighted by atomic mass is 16.6. The summed E-state index contributed by atoms with van der Waals surface area (Å²) < 4.78 is 15.7. The maximum absolute atomic E-state index is 14.0. The van der Waals surface area contributed by atoms with E-state index in [1.54, 1.807) is 65.8 Å². The van der Waals surface area contributed by atoms with E-state index in [0.717, 1.165) is 36.8 Å². The highest BCUT2D eigenvalue weighted by Gasteiger charge is 2.31. The molecule has 0 aliphatic carbocycles. The molecule has 66 heavy (non-hydrogen) atoms. The Hall–Kier alpha value is -6.20. The molecule has 0 spiro atoms. The number of alkyl carbamates (subject to hydrolysis) is 2. The number of hydrogen-bond acceptors (Lipinski definition) is 11. The molecule has 0 aliphatic rings. The zero-order chi connectivity index (χ0) is 49.5. The molecule has 18 nitrogen and oxygen atoms in total. The van der Waals surface area contributed by atoms with Crippen molar-refractivity contribution in [1.82, 2.24) is 31.9 Å². The summed E-state index contributed by atoms with van der Waals surface area (Å²) in [7, 11) is 0. The van der Waals surface area contributed by atoms with E-state index in [1.165, 1.54) is 12.5 Å². The Morgan fingerprint density at radius 3 is 1.71 bits per heavy atom. The average Bonchev–Trinajstić information content (AvgIpc) is 3.23. The number of carboxylic acid groups (broad SMARTS) is 1. The van der Waals surface area contributed by atoms with Crippen LogP contribution in [0.4, 0.5) is 9.59 Å². The number of nitrogens with one attached hydrogen (secondary N) is 6. The average molecular weight is 925 g/mol. The molecule has 366 valence electrons. The van der Waals surface area contributed by atoms with Crippen LogP contribution in [0.15, 0.2) is 48.5 Å². The lowest BCUT2D eigenvalue weighted by Crippen LogP contribution is -2.59. The molecule has 6 amide bonds. The minimum Gasteiger partial charge on any atom is -0.480 e. The van der Waals surface area contributed by atoms with Gasteiger partial charge in [0.15, 0.2) is 0 Å². The first-order valence-electron chi connectivity index (χ1n) is 22.7. The Labute approximate surface area is 388 Å².